The number of hydrogen-bond acceptors (Lipinski definition) is 3. The molecule has 1 aliphatic heterocycles. The Morgan fingerprint density at radius 1 is 1.60 bits per heavy atom. The second-order valence-corrected chi connectivity index (χ2v) is 3.47. The quantitative estimate of drug-likeness (QED) is 0.628. The standard InChI is InChI=1S/C9H16F2N2O2/c10-8(11)6-15-4-2-9(14)13-7-1-3-12-5-7/h7-8,12H,1-6H2,(H,13,14)/t7-/m0/s1. The largest absolute Gasteiger partial charge is 0.375 e. The van der Waals surface area contributed by atoms with Gasteiger partial charge < -0.3 is 15.4 Å². The molecule has 1 fully saturated rings. The van der Waals surface area contributed by atoms with Crippen molar-refractivity contribution in [1.82, 2.24) is 10.6 Å². The van der Waals surface area contributed by atoms with Crippen molar-refractivity contribution in [2.45, 2.75) is 25.3 Å². The van der Waals surface area contributed by atoms with Crippen molar-refractivity contribution in [2.24, 2.45) is 0 Å². The summed E-state index contributed by atoms with van der Waals surface area (Å²) in [4.78, 5) is 11.2. The van der Waals surface area contributed by atoms with Gasteiger partial charge in [0.25, 0.3) is 6.43 Å². The molecule has 2 N–H and O–H groups in total. The molecule has 1 saturated heterocycles. The maximum atomic E-state index is 11.7. The van der Waals surface area contributed by atoms with Crippen molar-refractivity contribution in [3.05, 3.63) is 0 Å². The molecule has 15 heavy (non-hydrogen) atoms. The zero-order chi connectivity index (χ0) is 11.1. The van der Waals surface area contributed by atoms with Crippen molar-refractivity contribution in [3.8, 4) is 0 Å². The average molecular weight is 222 g/mol. The third-order valence-corrected chi connectivity index (χ3v) is 2.14. The molecule has 6 heteroatoms. The van der Waals surface area contributed by atoms with Crippen LogP contribution in [0.25, 0.3) is 0 Å². The van der Waals surface area contributed by atoms with Crippen molar-refractivity contribution in [1.29, 1.82) is 0 Å². The predicted molar refractivity (Wildman–Crippen MR) is 50.9 cm³/mol. The summed E-state index contributed by atoms with van der Waals surface area (Å²) in [7, 11) is 0. The monoisotopic (exact) mass is 222 g/mol. The van der Waals surface area contributed by atoms with E-state index in [-0.39, 0.29) is 25.0 Å². The molecule has 1 atom stereocenters. The van der Waals surface area contributed by atoms with Crippen LogP contribution >= 0.6 is 0 Å². The van der Waals surface area contributed by atoms with Crippen LogP contribution in [0, 0.1) is 0 Å². The summed E-state index contributed by atoms with van der Waals surface area (Å²) in [6.45, 7) is 1.14. The number of rotatable bonds is 6. The fraction of sp³-hybridized carbons (Fsp3) is 0.889. The molecular formula is C9H16F2N2O2. The lowest BCUT2D eigenvalue weighted by atomic mass is 10.2. The molecule has 0 radical (unpaired) electrons. The smallest absolute Gasteiger partial charge is 0.261 e. The van der Waals surface area contributed by atoms with Gasteiger partial charge in [0, 0.05) is 19.0 Å². The molecule has 0 bridgehead atoms. The van der Waals surface area contributed by atoms with E-state index in [1.165, 1.54) is 0 Å². The molecule has 0 aromatic heterocycles. The number of hydrogen-bond donors (Lipinski definition) is 2. The highest BCUT2D eigenvalue weighted by Crippen LogP contribution is 1.98. The van der Waals surface area contributed by atoms with E-state index in [4.69, 9.17) is 0 Å². The first-order valence-electron chi connectivity index (χ1n) is 5.04. The van der Waals surface area contributed by atoms with Crippen LogP contribution < -0.4 is 10.6 Å². The molecule has 1 rings (SSSR count). The number of carbonyl (C=O) groups excluding carboxylic acids is 1. The van der Waals surface area contributed by atoms with Crippen LogP contribution in [-0.2, 0) is 9.53 Å². The van der Waals surface area contributed by atoms with E-state index in [0.717, 1.165) is 19.5 Å². The normalized spacial score (nSPS) is 20.9. The van der Waals surface area contributed by atoms with Gasteiger partial charge in [0.05, 0.1) is 6.61 Å². The minimum atomic E-state index is -2.47. The van der Waals surface area contributed by atoms with Crippen LogP contribution in [0.4, 0.5) is 8.78 Å². The van der Waals surface area contributed by atoms with Gasteiger partial charge in [-0.05, 0) is 13.0 Å². The summed E-state index contributed by atoms with van der Waals surface area (Å²) in [5.74, 6) is -0.141. The maximum absolute atomic E-state index is 11.7. The van der Waals surface area contributed by atoms with Crippen molar-refractivity contribution >= 4 is 5.91 Å². The first-order chi connectivity index (χ1) is 7.18. The predicted octanol–water partition coefficient (Wildman–Crippen LogP) is 0.136. The number of alkyl halides is 2. The number of amides is 1. The van der Waals surface area contributed by atoms with Crippen LogP contribution in [0.5, 0.6) is 0 Å². The third kappa shape index (κ3) is 5.64. The molecule has 1 amide bonds. The first kappa shape index (κ1) is 12.3. The lowest BCUT2D eigenvalue weighted by Gasteiger charge is -2.11. The van der Waals surface area contributed by atoms with E-state index in [0.29, 0.717) is 0 Å². The van der Waals surface area contributed by atoms with Crippen LogP contribution in [-0.4, -0.2) is 44.7 Å². The molecule has 0 aliphatic carbocycles. The van der Waals surface area contributed by atoms with Crippen molar-refractivity contribution in [2.75, 3.05) is 26.3 Å². The van der Waals surface area contributed by atoms with Crippen LogP contribution in [0.2, 0.25) is 0 Å². The zero-order valence-electron chi connectivity index (χ0n) is 8.47. The Kier molecular flexibility index (Phi) is 5.49. The van der Waals surface area contributed by atoms with Gasteiger partial charge in [0.15, 0.2) is 0 Å². The van der Waals surface area contributed by atoms with E-state index in [1.54, 1.807) is 0 Å². The van der Waals surface area contributed by atoms with Crippen LogP contribution in [0.1, 0.15) is 12.8 Å². The second-order valence-electron chi connectivity index (χ2n) is 3.47. The minimum absolute atomic E-state index is 0.0519. The van der Waals surface area contributed by atoms with Gasteiger partial charge in [-0.3, -0.25) is 4.79 Å². The molecule has 0 spiro atoms. The summed E-state index contributed by atoms with van der Waals surface area (Å²) in [6.07, 6.45) is -1.40. The fourth-order valence-corrected chi connectivity index (χ4v) is 1.41. The Bertz CT molecular complexity index is 197. The van der Waals surface area contributed by atoms with Gasteiger partial charge in [-0.25, -0.2) is 8.78 Å². The van der Waals surface area contributed by atoms with Gasteiger partial charge in [-0.1, -0.05) is 0 Å². The van der Waals surface area contributed by atoms with Crippen LogP contribution in [0.15, 0.2) is 0 Å². The lowest BCUT2D eigenvalue weighted by Crippen LogP contribution is -2.36. The van der Waals surface area contributed by atoms with E-state index in [9.17, 15) is 13.6 Å². The number of halogens is 2. The molecule has 4 nitrogen and oxygen atoms in total. The van der Waals surface area contributed by atoms with Gasteiger partial charge >= 0.3 is 0 Å². The maximum Gasteiger partial charge on any atom is 0.261 e. The van der Waals surface area contributed by atoms with E-state index in [1.807, 2.05) is 0 Å². The summed E-state index contributed by atoms with van der Waals surface area (Å²) in [5.41, 5.74) is 0. The molecule has 88 valence electrons. The lowest BCUT2D eigenvalue weighted by molar-refractivity contribution is -0.123. The summed E-state index contributed by atoms with van der Waals surface area (Å²) < 4.78 is 27.9. The van der Waals surface area contributed by atoms with E-state index < -0.39 is 13.0 Å². The Balaban J connectivity index is 1.98. The average Bonchev–Trinajstić information content (AvgIpc) is 2.64. The van der Waals surface area contributed by atoms with Gasteiger partial charge in [0.2, 0.25) is 5.91 Å². The first-order valence-corrected chi connectivity index (χ1v) is 5.04. The molecule has 1 aliphatic rings. The van der Waals surface area contributed by atoms with Crippen molar-refractivity contribution < 1.29 is 18.3 Å². The summed E-state index contributed by atoms with van der Waals surface area (Å²) in [5, 5.41) is 5.91. The van der Waals surface area contributed by atoms with Gasteiger partial charge in [0.1, 0.15) is 6.61 Å². The third-order valence-electron chi connectivity index (χ3n) is 2.14. The van der Waals surface area contributed by atoms with E-state index >= 15 is 0 Å². The summed E-state index contributed by atoms with van der Waals surface area (Å²) in [6, 6.07) is 0.174. The molecule has 0 aromatic rings. The topological polar surface area (TPSA) is 50.4 Å². The Labute approximate surface area is 87.4 Å². The zero-order valence-corrected chi connectivity index (χ0v) is 8.47. The Morgan fingerprint density at radius 3 is 3.00 bits per heavy atom. The number of carbonyl (C=O) groups is 1. The highest BCUT2D eigenvalue weighted by molar-refractivity contribution is 5.76. The fourth-order valence-electron chi connectivity index (χ4n) is 1.41. The Hall–Kier alpha value is -0.750. The summed E-state index contributed by atoms with van der Waals surface area (Å²) >= 11 is 0. The van der Waals surface area contributed by atoms with Crippen molar-refractivity contribution in [3.63, 3.8) is 0 Å². The minimum Gasteiger partial charge on any atom is -0.375 e. The second kappa shape index (κ2) is 6.68. The molecule has 0 saturated carbocycles. The highest BCUT2D eigenvalue weighted by Gasteiger charge is 2.16. The van der Waals surface area contributed by atoms with Gasteiger partial charge in [-0.15, -0.1) is 0 Å². The van der Waals surface area contributed by atoms with Crippen LogP contribution in [0.3, 0.4) is 0 Å². The highest BCUT2D eigenvalue weighted by atomic mass is 19.3. The molecule has 0 unspecified atom stereocenters. The van der Waals surface area contributed by atoms with E-state index in [2.05, 4.69) is 15.4 Å². The van der Waals surface area contributed by atoms with Gasteiger partial charge in [-0.2, -0.15) is 0 Å². The SMILES string of the molecule is O=C(CCOCC(F)F)N[C@H]1CCNC1. The number of ether oxygens (including phenoxy) is 1. The molecule has 0 aromatic carbocycles. The molecule has 1 heterocycles. The molecular weight excluding hydrogens is 206 g/mol. The number of nitrogens with one attached hydrogen (secondary N) is 2. The Morgan fingerprint density at radius 2 is 2.40 bits per heavy atom.